The standard InChI is InChI=1S/C19H23NOS/c1-4-5-10-16-11-6-7-13-18(16)21-19(22)20-17-12-8-9-14(2)15(17)3/h6-9,11-13H,4-5,10H2,1-3H3,(H,20,22). The van der Waals surface area contributed by atoms with Crippen molar-refractivity contribution < 1.29 is 4.74 Å². The number of anilines is 1. The molecule has 1 N–H and O–H groups in total. The van der Waals surface area contributed by atoms with E-state index in [0.717, 1.165) is 24.3 Å². The van der Waals surface area contributed by atoms with Crippen molar-refractivity contribution in [2.45, 2.75) is 40.0 Å². The van der Waals surface area contributed by atoms with E-state index < -0.39 is 0 Å². The zero-order valence-corrected chi connectivity index (χ0v) is 14.3. The average molecular weight is 313 g/mol. The fourth-order valence-corrected chi connectivity index (χ4v) is 2.50. The van der Waals surface area contributed by atoms with E-state index in [-0.39, 0.29) is 0 Å². The van der Waals surface area contributed by atoms with Crippen LogP contribution in [0.15, 0.2) is 42.5 Å². The highest BCUT2D eigenvalue weighted by Crippen LogP contribution is 2.22. The summed E-state index contributed by atoms with van der Waals surface area (Å²) in [6, 6.07) is 14.2. The molecule has 0 atom stereocenters. The van der Waals surface area contributed by atoms with Crippen molar-refractivity contribution in [1.29, 1.82) is 0 Å². The molecular formula is C19H23NOS. The van der Waals surface area contributed by atoms with E-state index in [0.29, 0.717) is 5.17 Å². The number of unbranched alkanes of at least 4 members (excludes halogenated alkanes) is 1. The van der Waals surface area contributed by atoms with E-state index in [1.54, 1.807) is 0 Å². The van der Waals surface area contributed by atoms with E-state index in [1.807, 2.05) is 30.3 Å². The molecule has 0 saturated heterocycles. The van der Waals surface area contributed by atoms with Crippen LogP contribution in [0.25, 0.3) is 0 Å². The van der Waals surface area contributed by atoms with Crippen LogP contribution in [0.5, 0.6) is 5.75 Å². The summed E-state index contributed by atoms with van der Waals surface area (Å²) in [4.78, 5) is 0. The molecule has 22 heavy (non-hydrogen) atoms. The van der Waals surface area contributed by atoms with Crippen LogP contribution in [0, 0.1) is 13.8 Å². The van der Waals surface area contributed by atoms with E-state index in [4.69, 9.17) is 17.0 Å². The van der Waals surface area contributed by atoms with Crippen LogP contribution in [-0.4, -0.2) is 5.17 Å². The maximum absolute atomic E-state index is 5.86. The number of rotatable bonds is 5. The lowest BCUT2D eigenvalue weighted by Crippen LogP contribution is -2.18. The minimum absolute atomic E-state index is 0.387. The van der Waals surface area contributed by atoms with Crippen LogP contribution < -0.4 is 10.1 Å². The molecule has 0 spiro atoms. The first kappa shape index (κ1) is 16.5. The first-order valence-corrected chi connectivity index (χ1v) is 8.15. The third-order valence-corrected chi connectivity index (χ3v) is 4.00. The Balaban J connectivity index is 2.07. The summed E-state index contributed by atoms with van der Waals surface area (Å²) >= 11 is 5.36. The Morgan fingerprint density at radius 3 is 2.64 bits per heavy atom. The smallest absolute Gasteiger partial charge is 0.266 e. The molecule has 0 saturated carbocycles. The van der Waals surface area contributed by atoms with Gasteiger partial charge in [-0.15, -0.1) is 0 Å². The number of hydrogen-bond acceptors (Lipinski definition) is 2. The number of ether oxygens (including phenoxy) is 1. The minimum Gasteiger partial charge on any atom is -0.431 e. The number of para-hydroxylation sites is 1. The molecule has 0 radical (unpaired) electrons. The molecule has 0 aromatic heterocycles. The van der Waals surface area contributed by atoms with Gasteiger partial charge < -0.3 is 10.1 Å². The lowest BCUT2D eigenvalue weighted by atomic mass is 10.1. The quantitative estimate of drug-likeness (QED) is 0.745. The first-order chi connectivity index (χ1) is 10.6. The van der Waals surface area contributed by atoms with E-state index in [2.05, 4.69) is 38.2 Å². The fourth-order valence-electron chi connectivity index (χ4n) is 2.30. The molecule has 0 unspecified atom stereocenters. The summed E-state index contributed by atoms with van der Waals surface area (Å²) in [6.45, 7) is 6.36. The van der Waals surface area contributed by atoms with Gasteiger partial charge in [0.15, 0.2) is 0 Å². The molecule has 0 bridgehead atoms. The van der Waals surface area contributed by atoms with Crippen molar-refractivity contribution in [3.8, 4) is 5.75 Å². The van der Waals surface area contributed by atoms with Gasteiger partial charge >= 0.3 is 0 Å². The SMILES string of the molecule is CCCCc1ccccc1OC(=S)Nc1cccc(C)c1C. The van der Waals surface area contributed by atoms with Crippen LogP contribution in [-0.2, 0) is 6.42 Å². The summed E-state index contributed by atoms with van der Waals surface area (Å²) in [5, 5.41) is 3.58. The van der Waals surface area contributed by atoms with Gasteiger partial charge in [-0.1, -0.05) is 43.7 Å². The Kier molecular flexibility index (Phi) is 5.96. The third kappa shape index (κ3) is 4.31. The van der Waals surface area contributed by atoms with Gasteiger partial charge in [0.25, 0.3) is 5.17 Å². The van der Waals surface area contributed by atoms with Crippen LogP contribution in [0.1, 0.15) is 36.5 Å². The molecule has 2 aromatic carbocycles. The van der Waals surface area contributed by atoms with Crippen molar-refractivity contribution in [3.63, 3.8) is 0 Å². The Labute approximate surface area is 138 Å². The van der Waals surface area contributed by atoms with Gasteiger partial charge in [-0.05, 0) is 67.7 Å². The van der Waals surface area contributed by atoms with E-state index in [9.17, 15) is 0 Å². The Morgan fingerprint density at radius 1 is 1.09 bits per heavy atom. The van der Waals surface area contributed by atoms with E-state index >= 15 is 0 Å². The number of hydrogen-bond donors (Lipinski definition) is 1. The van der Waals surface area contributed by atoms with Gasteiger partial charge in [0, 0.05) is 5.69 Å². The Morgan fingerprint density at radius 2 is 1.86 bits per heavy atom. The third-order valence-electron chi connectivity index (χ3n) is 3.82. The zero-order chi connectivity index (χ0) is 15.9. The second-order valence-corrected chi connectivity index (χ2v) is 5.84. The van der Waals surface area contributed by atoms with Crippen LogP contribution in [0.4, 0.5) is 5.69 Å². The highest BCUT2D eigenvalue weighted by atomic mass is 32.1. The summed E-state index contributed by atoms with van der Waals surface area (Å²) in [7, 11) is 0. The van der Waals surface area contributed by atoms with Gasteiger partial charge in [-0.25, -0.2) is 0 Å². The predicted molar refractivity (Wildman–Crippen MR) is 97.8 cm³/mol. The molecule has 2 aromatic rings. The normalized spacial score (nSPS) is 10.3. The molecular weight excluding hydrogens is 290 g/mol. The number of thiocarbonyl (C=S) groups is 1. The van der Waals surface area contributed by atoms with Crippen molar-refractivity contribution in [2.75, 3.05) is 5.32 Å². The predicted octanol–water partition coefficient (Wildman–Crippen LogP) is 5.42. The first-order valence-electron chi connectivity index (χ1n) is 7.74. The molecule has 2 nitrogen and oxygen atoms in total. The van der Waals surface area contributed by atoms with Gasteiger partial charge in [0.2, 0.25) is 0 Å². The van der Waals surface area contributed by atoms with Gasteiger partial charge in [0.05, 0.1) is 0 Å². The number of aryl methyl sites for hydroxylation is 2. The monoisotopic (exact) mass is 313 g/mol. The molecule has 116 valence electrons. The lowest BCUT2D eigenvalue weighted by Gasteiger charge is -2.15. The highest BCUT2D eigenvalue weighted by Gasteiger charge is 2.08. The molecule has 0 aliphatic carbocycles. The van der Waals surface area contributed by atoms with Gasteiger partial charge in [0.1, 0.15) is 5.75 Å². The largest absolute Gasteiger partial charge is 0.431 e. The highest BCUT2D eigenvalue weighted by molar-refractivity contribution is 7.80. The summed E-state index contributed by atoms with van der Waals surface area (Å²) in [5.41, 5.74) is 4.62. The van der Waals surface area contributed by atoms with Crippen molar-refractivity contribution in [2.24, 2.45) is 0 Å². The van der Waals surface area contributed by atoms with Crippen LogP contribution >= 0.6 is 12.2 Å². The Bertz CT molecular complexity index is 652. The number of benzene rings is 2. The summed E-state index contributed by atoms with van der Waals surface area (Å²) in [5.74, 6) is 0.846. The molecule has 0 fully saturated rings. The van der Waals surface area contributed by atoms with Gasteiger partial charge in [-0.3, -0.25) is 0 Å². The summed E-state index contributed by atoms with van der Waals surface area (Å²) < 4.78 is 5.86. The van der Waals surface area contributed by atoms with Crippen LogP contribution in [0.3, 0.4) is 0 Å². The molecule has 0 heterocycles. The van der Waals surface area contributed by atoms with Gasteiger partial charge in [-0.2, -0.15) is 0 Å². The second-order valence-electron chi connectivity index (χ2n) is 5.47. The fraction of sp³-hybridized carbons (Fsp3) is 0.316. The maximum atomic E-state index is 5.86. The zero-order valence-electron chi connectivity index (χ0n) is 13.5. The van der Waals surface area contributed by atoms with Crippen molar-refractivity contribution in [3.05, 3.63) is 59.2 Å². The Hall–Kier alpha value is -1.87. The van der Waals surface area contributed by atoms with Crippen molar-refractivity contribution in [1.82, 2.24) is 0 Å². The van der Waals surface area contributed by atoms with Crippen LogP contribution in [0.2, 0.25) is 0 Å². The summed E-state index contributed by atoms with van der Waals surface area (Å²) in [6.07, 6.45) is 3.33. The second kappa shape index (κ2) is 7.95. The molecule has 0 aliphatic rings. The lowest BCUT2D eigenvalue weighted by molar-refractivity contribution is 0.552. The molecule has 3 heteroatoms. The molecule has 2 rings (SSSR count). The molecule has 0 amide bonds. The van der Waals surface area contributed by atoms with Crippen molar-refractivity contribution >= 4 is 23.1 Å². The number of nitrogens with one attached hydrogen (secondary N) is 1. The maximum Gasteiger partial charge on any atom is 0.266 e. The van der Waals surface area contributed by atoms with E-state index in [1.165, 1.54) is 23.1 Å². The topological polar surface area (TPSA) is 21.3 Å². The minimum atomic E-state index is 0.387. The average Bonchev–Trinajstić information content (AvgIpc) is 2.51. The molecule has 0 aliphatic heterocycles.